The van der Waals surface area contributed by atoms with E-state index in [0.717, 1.165) is 11.1 Å². The van der Waals surface area contributed by atoms with Gasteiger partial charge in [0, 0.05) is 16.8 Å². The third kappa shape index (κ3) is 4.82. The van der Waals surface area contributed by atoms with Crippen molar-refractivity contribution in [1.29, 1.82) is 0 Å². The number of rotatable bonds is 7. The Morgan fingerprint density at radius 3 is 2.03 bits per heavy atom. The number of carbonyl (C=O) groups is 1. The van der Waals surface area contributed by atoms with Gasteiger partial charge in [0.2, 0.25) is 0 Å². The Kier molecular flexibility index (Phi) is 6.32. The number of hydrogen-bond donors (Lipinski definition) is 2. The second-order valence-corrected chi connectivity index (χ2v) is 7.96. The van der Waals surface area contributed by atoms with E-state index in [4.69, 9.17) is 0 Å². The summed E-state index contributed by atoms with van der Waals surface area (Å²) in [5, 5.41) is 7.08. The number of amides is 1. The molecule has 0 bridgehead atoms. The van der Waals surface area contributed by atoms with Crippen LogP contribution in [0.4, 0.5) is 10.1 Å². The Balaban J connectivity index is 1.66. The van der Waals surface area contributed by atoms with Crippen LogP contribution in [0.1, 0.15) is 28.1 Å². The van der Waals surface area contributed by atoms with Crippen molar-refractivity contribution in [3.8, 4) is 0 Å². The molecular weight excluding hydrogens is 395 g/mol. The second kappa shape index (κ2) is 9.48. The molecule has 2 atom stereocenters. The highest BCUT2D eigenvalue weighted by Gasteiger charge is 2.30. The van der Waals surface area contributed by atoms with Crippen molar-refractivity contribution < 1.29 is 14.5 Å². The Morgan fingerprint density at radius 1 is 0.800 bits per heavy atom. The standard InChI is InChI=1S/C25H21FN2OS/c26-20-13-15-21(16-14-20)27-25(29)24(19-10-5-2-6-11-19)28-23(22-12-7-17-30-22)18-8-3-1-4-9-18/h1-17,23-24,28H,(H,27,29)/p+1/t23-,24+/m0/s1. The van der Waals surface area contributed by atoms with Gasteiger partial charge in [-0.15, -0.1) is 11.3 Å². The summed E-state index contributed by atoms with van der Waals surface area (Å²) in [6.45, 7) is 0. The van der Waals surface area contributed by atoms with Crippen LogP contribution in [0, 0.1) is 5.82 Å². The van der Waals surface area contributed by atoms with Crippen molar-refractivity contribution in [2.75, 3.05) is 5.32 Å². The molecule has 0 fully saturated rings. The van der Waals surface area contributed by atoms with Gasteiger partial charge in [-0.1, -0.05) is 66.7 Å². The normalized spacial score (nSPS) is 12.8. The first kappa shape index (κ1) is 20.0. The van der Waals surface area contributed by atoms with E-state index in [-0.39, 0.29) is 17.8 Å². The number of hydrogen-bond acceptors (Lipinski definition) is 2. The van der Waals surface area contributed by atoms with Gasteiger partial charge in [0.05, 0.1) is 4.88 Å². The lowest BCUT2D eigenvalue weighted by Crippen LogP contribution is -2.88. The minimum absolute atomic E-state index is 0.0182. The largest absolute Gasteiger partial charge is 0.322 e. The maximum atomic E-state index is 13.3. The molecule has 3 nitrogen and oxygen atoms in total. The molecule has 5 heteroatoms. The smallest absolute Gasteiger partial charge is 0.287 e. The first-order valence-electron chi connectivity index (χ1n) is 9.75. The van der Waals surface area contributed by atoms with E-state index in [9.17, 15) is 9.18 Å². The molecular formula is C25H22FN2OS+. The highest BCUT2D eigenvalue weighted by molar-refractivity contribution is 7.10. The summed E-state index contributed by atoms with van der Waals surface area (Å²) < 4.78 is 13.2. The molecule has 4 rings (SSSR count). The lowest BCUT2D eigenvalue weighted by atomic mass is 10.0. The van der Waals surface area contributed by atoms with Crippen LogP contribution in [-0.2, 0) is 4.79 Å². The van der Waals surface area contributed by atoms with E-state index in [0.29, 0.717) is 5.69 Å². The van der Waals surface area contributed by atoms with Crippen molar-refractivity contribution in [3.05, 3.63) is 124 Å². The van der Waals surface area contributed by atoms with E-state index >= 15 is 0 Å². The molecule has 4 aromatic rings. The lowest BCUT2D eigenvalue weighted by Gasteiger charge is -2.22. The molecule has 0 saturated carbocycles. The molecule has 0 aliphatic rings. The van der Waals surface area contributed by atoms with Crippen molar-refractivity contribution in [3.63, 3.8) is 0 Å². The summed E-state index contributed by atoms with van der Waals surface area (Å²) in [7, 11) is 0. The predicted octanol–water partition coefficient (Wildman–Crippen LogP) is 4.92. The zero-order valence-electron chi connectivity index (χ0n) is 16.2. The zero-order chi connectivity index (χ0) is 20.8. The van der Waals surface area contributed by atoms with Crippen molar-refractivity contribution >= 4 is 22.9 Å². The highest BCUT2D eigenvalue weighted by atomic mass is 32.1. The highest BCUT2D eigenvalue weighted by Crippen LogP contribution is 2.24. The van der Waals surface area contributed by atoms with Crippen LogP contribution in [0.3, 0.4) is 0 Å². The van der Waals surface area contributed by atoms with Gasteiger partial charge < -0.3 is 10.6 Å². The molecule has 0 spiro atoms. The Morgan fingerprint density at radius 2 is 1.43 bits per heavy atom. The number of nitrogens with two attached hydrogens (primary N) is 1. The first-order valence-corrected chi connectivity index (χ1v) is 10.6. The molecule has 1 aromatic heterocycles. The topological polar surface area (TPSA) is 45.7 Å². The zero-order valence-corrected chi connectivity index (χ0v) is 17.1. The van der Waals surface area contributed by atoms with Gasteiger partial charge in [-0.25, -0.2) is 4.39 Å². The van der Waals surface area contributed by atoms with Crippen molar-refractivity contribution in [2.24, 2.45) is 0 Å². The van der Waals surface area contributed by atoms with E-state index in [1.807, 2.05) is 54.6 Å². The molecule has 0 unspecified atom stereocenters. The van der Waals surface area contributed by atoms with Gasteiger partial charge >= 0.3 is 0 Å². The van der Waals surface area contributed by atoms with Crippen LogP contribution in [0.15, 0.2) is 102 Å². The molecule has 150 valence electrons. The molecule has 0 aliphatic heterocycles. The fourth-order valence-corrected chi connectivity index (χ4v) is 4.29. The molecule has 0 aliphatic carbocycles. The quantitative estimate of drug-likeness (QED) is 0.440. The number of thiophene rings is 1. The summed E-state index contributed by atoms with van der Waals surface area (Å²) in [5.41, 5.74) is 2.62. The molecule has 1 amide bonds. The minimum atomic E-state index is -0.469. The number of carbonyl (C=O) groups excluding carboxylic acids is 1. The Hall–Kier alpha value is -3.28. The third-order valence-electron chi connectivity index (χ3n) is 4.95. The summed E-state index contributed by atoms with van der Waals surface area (Å²) >= 11 is 1.68. The van der Waals surface area contributed by atoms with Crippen LogP contribution in [-0.4, -0.2) is 5.91 Å². The van der Waals surface area contributed by atoms with E-state index in [1.165, 1.54) is 17.0 Å². The van der Waals surface area contributed by atoms with Crippen molar-refractivity contribution in [1.82, 2.24) is 0 Å². The monoisotopic (exact) mass is 417 g/mol. The number of quaternary nitrogens is 1. The molecule has 0 saturated heterocycles. The summed E-state index contributed by atoms with van der Waals surface area (Å²) in [6, 6.07) is 29.4. The summed E-state index contributed by atoms with van der Waals surface area (Å²) in [6.07, 6.45) is 0. The maximum Gasteiger partial charge on any atom is 0.287 e. The average Bonchev–Trinajstić information content (AvgIpc) is 3.32. The van der Waals surface area contributed by atoms with E-state index in [1.54, 1.807) is 23.5 Å². The second-order valence-electron chi connectivity index (χ2n) is 6.98. The molecule has 30 heavy (non-hydrogen) atoms. The van der Waals surface area contributed by atoms with Gasteiger partial charge in [0.15, 0.2) is 6.04 Å². The van der Waals surface area contributed by atoms with Gasteiger partial charge in [0.1, 0.15) is 11.9 Å². The van der Waals surface area contributed by atoms with Gasteiger partial charge in [-0.3, -0.25) is 4.79 Å². The predicted molar refractivity (Wildman–Crippen MR) is 119 cm³/mol. The number of anilines is 1. The molecule has 3 aromatic carbocycles. The van der Waals surface area contributed by atoms with Crippen LogP contribution in [0.25, 0.3) is 0 Å². The van der Waals surface area contributed by atoms with Crippen molar-refractivity contribution in [2.45, 2.75) is 12.1 Å². The fourth-order valence-electron chi connectivity index (χ4n) is 3.45. The van der Waals surface area contributed by atoms with Crippen LogP contribution < -0.4 is 10.6 Å². The lowest BCUT2D eigenvalue weighted by molar-refractivity contribution is -0.713. The number of halogens is 1. The molecule has 1 heterocycles. The maximum absolute atomic E-state index is 13.3. The van der Waals surface area contributed by atoms with Gasteiger partial charge in [-0.05, 0) is 35.7 Å². The summed E-state index contributed by atoms with van der Waals surface area (Å²) in [4.78, 5) is 14.5. The Bertz CT molecular complexity index is 1070. The third-order valence-corrected chi connectivity index (χ3v) is 5.90. The van der Waals surface area contributed by atoms with Gasteiger partial charge in [0.25, 0.3) is 5.91 Å². The number of nitrogens with one attached hydrogen (secondary N) is 1. The first-order chi connectivity index (χ1) is 14.7. The average molecular weight is 418 g/mol. The van der Waals surface area contributed by atoms with Gasteiger partial charge in [-0.2, -0.15) is 0 Å². The Labute approximate surface area is 179 Å². The van der Waals surface area contributed by atoms with Crippen LogP contribution >= 0.6 is 11.3 Å². The van der Waals surface area contributed by atoms with E-state index in [2.05, 4.69) is 34.2 Å². The minimum Gasteiger partial charge on any atom is -0.322 e. The summed E-state index contributed by atoms with van der Waals surface area (Å²) in [5.74, 6) is -0.480. The molecule has 0 radical (unpaired) electrons. The fraction of sp³-hybridized carbons (Fsp3) is 0.0800. The van der Waals surface area contributed by atoms with Crippen LogP contribution in [0.5, 0.6) is 0 Å². The SMILES string of the molecule is O=C(Nc1ccc(F)cc1)[C@H]([NH2+][C@@H](c1ccccc1)c1cccs1)c1ccccc1. The molecule has 3 N–H and O–H groups in total. The number of benzene rings is 3. The van der Waals surface area contributed by atoms with Crippen LogP contribution in [0.2, 0.25) is 0 Å². The van der Waals surface area contributed by atoms with E-state index < -0.39 is 6.04 Å².